The molecule has 7 nitrogen and oxygen atoms in total. The van der Waals surface area contributed by atoms with E-state index in [1.165, 1.54) is 37.4 Å². The Morgan fingerprint density at radius 2 is 1.83 bits per heavy atom. The van der Waals surface area contributed by atoms with Crippen molar-refractivity contribution in [2.75, 3.05) is 7.05 Å². The predicted molar refractivity (Wildman–Crippen MR) is 105 cm³/mol. The van der Waals surface area contributed by atoms with E-state index >= 15 is 0 Å². The third-order valence-electron chi connectivity index (χ3n) is 5.19. The van der Waals surface area contributed by atoms with Gasteiger partial charge in [0.15, 0.2) is 0 Å². The highest BCUT2D eigenvalue weighted by Crippen LogP contribution is 2.30. The maximum Gasteiger partial charge on any atom is 0.279 e. The Labute approximate surface area is 171 Å². The summed E-state index contributed by atoms with van der Waals surface area (Å²) in [5.41, 5.74) is -1.75. The summed E-state index contributed by atoms with van der Waals surface area (Å²) in [6.45, 7) is 1.73. The Hall–Kier alpha value is -3.62. The molecular formula is C21H19F2N3O4. The normalized spacial score (nSPS) is 20.4. The lowest BCUT2D eigenvalue weighted by Gasteiger charge is -2.41. The molecule has 1 atom stereocenters. The van der Waals surface area contributed by atoms with Crippen LogP contribution in [0.2, 0.25) is 0 Å². The first-order valence-electron chi connectivity index (χ1n) is 9.18. The van der Waals surface area contributed by atoms with Crippen LogP contribution in [-0.2, 0) is 16.0 Å². The molecule has 0 bridgehead atoms. The lowest BCUT2D eigenvalue weighted by Crippen LogP contribution is -2.65. The standard InChI is InChI=1S/C21H19F2N3O4/c1-3-21(12-13-7-9-14(22)10-8-13)20(28)25(2)18(19(27)24-21)11-15-16(23)5-4-6-17(15)26(29)30/h4-11H,3,12H2,1-2H3,(H,24,27). The van der Waals surface area contributed by atoms with E-state index in [4.69, 9.17) is 0 Å². The molecule has 1 fully saturated rings. The lowest BCUT2D eigenvalue weighted by atomic mass is 9.84. The molecule has 2 amide bonds. The number of carbonyl (C=O) groups excluding carboxylic acids is 2. The number of hydrogen-bond acceptors (Lipinski definition) is 4. The highest BCUT2D eigenvalue weighted by Gasteiger charge is 2.46. The van der Waals surface area contributed by atoms with E-state index in [2.05, 4.69) is 5.32 Å². The monoisotopic (exact) mass is 415 g/mol. The van der Waals surface area contributed by atoms with Gasteiger partial charge >= 0.3 is 0 Å². The Kier molecular flexibility index (Phi) is 5.64. The molecule has 1 N–H and O–H groups in total. The van der Waals surface area contributed by atoms with Gasteiger partial charge in [0.05, 0.1) is 10.5 Å². The second kappa shape index (κ2) is 8.02. The molecule has 0 aliphatic carbocycles. The molecule has 2 aromatic carbocycles. The smallest absolute Gasteiger partial charge is 0.279 e. The molecule has 3 rings (SSSR count). The Balaban J connectivity index is 2.00. The van der Waals surface area contributed by atoms with Crippen molar-refractivity contribution in [3.8, 4) is 0 Å². The number of nitrogens with zero attached hydrogens (tertiary/aromatic N) is 2. The summed E-state index contributed by atoms with van der Waals surface area (Å²) < 4.78 is 27.4. The van der Waals surface area contributed by atoms with Crippen LogP contribution >= 0.6 is 0 Å². The molecule has 0 aromatic heterocycles. The van der Waals surface area contributed by atoms with Crippen molar-refractivity contribution in [1.82, 2.24) is 10.2 Å². The number of nitro benzene ring substituents is 1. The number of rotatable bonds is 5. The fraction of sp³-hybridized carbons (Fsp3) is 0.238. The van der Waals surface area contributed by atoms with Crippen LogP contribution in [-0.4, -0.2) is 34.2 Å². The minimum absolute atomic E-state index is 0.131. The molecule has 2 aromatic rings. The summed E-state index contributed by atoms with van der Waals surface area (Å²) in [6, 6.07) is 8.92. The van der Waals surface area contributed by atoms with Gasteiger partial charge in [-0.05, 0) is 36.3 Å². The van der Waals surface area contributed by atoms with Gasteiger partial charge in [0, 0.05) is 19.5 Å². The summed E-state index contributed by atoms with van der Waals surface area (Å²) in [6.07, 6.45) is 1.39. The zero-order chi connectivity index (χ0) is 22.1. The molecule has 1 aliphatic heterocycles. The number of piperazine rings is 1. The van der Waals surface area contributed by atoms with E-state index in [1.807, 2.05) is 0 Å². The second-order valence-electron chi connectivity index (χ2n) is 7.02. The van der Waals surface area contributed by atoms with Crippen molar-refractivity contribution in [3.63, 3.8) is 0 Å². The van der Waals surface area contributed by atoms with Gasteiger partial charge in [0.2, 0.25) is 0 Å². The molecule has 1 heterocycles. The van der Waals surface area contributed by atoms with Crippen molar-refractivity contribution in [1.29, 1.82) is 0 Å². The minimum atomic E-state index is -1.28. The first-order valence-corrected chi connectivity index (χ1v) is 9.18. The third-order valence-corrected chi connectivity index (χ3v) is 5.19. The van der Waals surface area contributed by atoms with Gasteiger partial charge in [-0.25, -0.2) is 8.78 Å². The summed E-state index contributed by atoms with van der Waals surface area (Å²) in [5.74, 6) is -2.43. The SMILES string of the molecule is CCC1(Cc2ccc(F)cc2)NC(=O)C(=Cc2c(F)cccc2[N+](=O)[O-])N(C)C1=O. The zero-order valence-corrected chi connectivity index (χ0v) is 16.3. The van der Waals surface area contributed by atoms with E-state index in [0.717, 1.165) is 23.1 Å². The number of benzene rings is 2. The number of halogens is 2. The van der Waals surface area contributed by atoms with Gasteiger partial charge in [-0.2, -0.15) is 0 Å². The second-order valence-corrected chi connectivity index (χ2v) is 7.02. The van der Waals surface area contributed by atoms with Gasteiger partial charge in [0.25, 0.3) is 17.5 Å². The first kappa shape index (κ1) is 21.1. The minimum Gasteiger partial charge on any atom is -0.336 e. The summed E-state index contributed by atoms with van der Waals surface area (Å²) in [4.78, 5) is 37.5. The van der Waals surface area contributed by atoms with Gasteiger partial charge in [0.1, 0.15) is 22.9 Å². The average molecular weight is 415 g/mol. The largest absolute Gasteiger partial charge is 0.336 e. The van der Waals surface area contributed by atoms with Crippen LogP contribution in [0.15, 0.2) is 48.2 Å². The van der Waals surface area contributed by atoms with E-state index in [0.29, 0.717) is 5.56 Å². The molecule has 9 heteroatoms. The van der Waals surface area contributed by atoms with Crippen LogP contribution in [0.3, 0.4) is 0 Å². The Bertz CT molecular complexity index is 1050. The number of nitro groups is 1. The molecule has 30 heavy (non-hydrogen) atoms. The van der Waals surface area contributed by atoms with Gasteiger partial charge < -0.3 is 10.2 Å². The van der Waals surface area contributed by atoms with Crippen molar-refractivity contribution < 1.29 is 23.3 Å². The number of carbonyl (C=O) groups is 2. The summed E-state index contributed by atoms with van der Waals surface area (Å²) >= 11 is 0. The van der Waals surface area contributed by atoms with E-state index in [9.17, 15) is 28.5 Å². The number of amides is 2. The highest BCUT2D eigenvalue weighted by atomic mass is 19.1. The maximum atomic E-state index is 14.2. The fourth-order valence-electron chi connectivity index (χ4n) is 3.48. The average Bonchev–Trinajstić information content (AvgIpc) is 2.71. The topological polar surface area (TPSA) is 92.5 Å². The highest BCUT2D eigenvalue weighted by molar-refractivity contribution is 6.09. The molecule has 1 saturated heterocycles. The van der Waals surface area contributed by atoms with Crippen LogP contribution in [0.4, 0.5) is 14.5 Å². The zero-order valence-electron chi connectivity index (χ0n) is 16.3. The number of hydrogen-bond donors (Lipinski definition) is 1. The van der Waals surface area contributed by atoms with Crippen LogP contribution in [0, 0.1) is 21.7 Å². The predicted octanol–water partition coefficient (Wildman–Crippen LogP) is 3.19. The maximum absolute atomic E-state index is 14.2. The summed E-state index contributed by atoms with van der Waals surface area (Å²) in [5, 5.41) is 13.9. The quantitative estimate of drug-likeness (QED) is 0.461. The molecule has 0 saturated carbocycles. The lowest BCUT2D eigenvalue weighted by molar-refractivity contribution is -0.385. The van der Waals surface area contributed by atoms with Gasteiger partial charge in [-0.15, -0.1) is 0 Å². The number of nitrogens with one attached hydrogen (secondary N) is 1. The Morgan fingerprint density at radius 3 is 2.43 bits per heavy atom. The van der Waals surface area contributed by atoms with Crippen molar-refractivity contribution in [3.05, 3.63) is 81.0 Å². The van der Waals surface area contributed by atoms with E-state index in [-0.39, 0.29) is 18.5 Å². The molecule has 156 valence electrons. The van der Waals surface area contributed by atoms with Gasteiger partial charge in [-0.1, -0.05) is 25.1 Å². The van der Waals surface area contributed by atoms with E-state index < -0.39 is 45.2 Å². The molecule has 1 aliphatic rings. The first-order chi connectivity index (χ1) is 14.2. The van der Waals surface area contributed by atoms with Crippen LogP contribution in [0.25, 0.3) is 6.08 Å². The third kappa shape index (κ3) is 3.78. The van der Waals surface area contributed by atoms with Crippen LogP contribution < -0.4 is 5.32 Å². The van der Waals surface area contributed by atoms with Crippen molar-refractivity contribution >= 4 is 23.6 Å². The molecule has 0 spiro atoms. The van der Waals surface area contributed by atoms with Crippen molar-refractivity contribution in [2.24, 2.45) is 0 Å². The van der Waals surface area contributed by atoms with Crippen molar-refractivity contribution in [2.45, 2.75) is 25.3 Å². The fourth-order valence-corrected chi connectivity index (χ4v) is 3.48. The summed E-state index contributed by atoms with van der Waals surface area (Å²) in [7, 11) is 1.36. The number of likely N-dealkylation sites (N-methyl/N-ethyl adjacent to an activating group) is 1. The molecule has 1 unspecified atom stereocenters. The molecular weight excluding hydrogens is 396 g/mol. The van der Waals surface area contributed by atoms with Gasteiger partial charge in [-0.3, -0.25) is 19.7 Å². The van der Waals surface area contributed by atoms with Crippen LogP contribution in [0.5, 0.6) is 0 Å². The van der Waals surface area contributed by atoms with E-state index in [1.54, 1.807) is 6.92 Å². The molecule has 0 radical (unpaired) electrons. The Morgan fingerprint density at radius 1 is 1.17 bits per heavy atom. The van der Waals surface area contributed by atoms with Crippen LogP contribution in [0.1, 0.15) is 24.5 Å².